The molecule has 14 heavy (non-hydrogen) atoms. The highest BCUT2D eigenvalue weighted by Gasteiger charge is 2.12. The van der Waals surface area contributed by atoms with Crippen LogP contribution in [0.4, 0.5) is 0 Å². The molecule has 4 nitrogen and oxygen atoms in total. The number of nitriles is 1. The summed E-state index contributed by atoms with van der Waals surface area (Å²) in [5.41, 5.74) is 0.852. The van der Waals surface area contributed by atoms with Crippen molar-refractivity contribution in [1.82, 2.24) is 14.9 Å². The van der Waals surface area contributed by atoms with Crippen LogP contribution in [0.25, 0.3) is 0 Å². The van der Waals surface area contributed by atoms with E-state index in [1.807, 2.05) is 11.5 Å². The van der Waals surface area contributed by atoms with E-state index in [4.69, 9.17) is 11.7 Å². The molecule has 0 aliphatic heterocycles. The van der Waals surface area contributed by atoms with E-state index in [0.29, 0.717) is 6.54 Å². The molecule has 0 aliphatic carbocycles. The Hall–Kier alpha value is -1.78. The second kappa shape index (κ2) is 5.06. The second-order valence-electron chi connectivity index (χ2n) is 2.75. The van der Waals surface area contributed by atoms with Crippen LogP contribution in [0.5, 0.6) is 0 Å². The summed E-state index contributed by atoms with van der Waals surface area (Å²) in [6, 6.07) is 1.77. The van der Waals surface area contributed by atoms with Gasteiger partial charge in [-0.25, -0.2) is 4.98 Å². The van der Waals surface area contributed by atoms with Crippen molar-refractivity contribution < 1.29 is 0 Å². The molecular weight excluding hydrogens is 176 g/mol. The third kappa shape index (κ3) is 2.12. The van der Waals surface area contributed by atoms with Gasteiger partial charge in [0.2, 0.25) is 0 Å². The van der Waals surface area contributed by atoms with Gasteiger partial charge in [-0.05, 0) is 6.92 Å². The van der Waals surface area contributed by atoms with Gasteiger partial charge in [0.05, 0.1) is 30.8 Å². The quantitative estimate of drug-likeness (QED) is 0.707. The highest BCUT2D eigenvalue weighted by atomic mass is 15.1. The molecule has 1 aromatic heterocycles. The monoisotopic (exact) mass is 188 g/mol. The highest BCUT2D eigenvalue weighted by Crippen LogP contribution is 2.10. The molecule has 0 fully saturated rings. The Morgan fingerprint density at radius 1 is 1.79 bits per heavy atom. The summed E-state index contributed by atoms with van der Waals surface area (Å²) in [7, 11) is 0. The summed E-state index contributed by atoms with van der Waals surface area (Å²) >= 11 is 0. The summed E-state index contributed by atoms with van der Waals surface area (Å²) in [4.78, 5) is 3.99. The number of aryl methyl sites for hydroxylation is 1. The topological polar surface area (TPSA) is 53.6 Å². The van der Waals surface area contributed by atoms with Gasteiger partial charge in [-0.1, -0.05) is 5.92 Å². The Morgan fingerprint density at radius 3 is 3.14 bits per heavy atom. The molecule has 1 N–H and O–H groups in total. The minimum Gasteiger partial charge on any atom is -0.333 e. The molecule has 0 saturated carbocycles. The fourth-order valence-corrected chi connectivity index (χ4v) is 1.21. The van der Waals surface area contributed by atoms with Crippen molar-refractivity contribution >= 4 is 0 Å². The summed E-state index contributed by atoms with van der Waals surface area (Å²) < 4.78 is 1.91. The normalized spacial score (nSPS) is 11.6. The zero-order valence-corrected chi connectivity index (χ0v) is 8.07. The molecule has 0 spiro atoms. The Bertz CT molecular complexity index is 366. The zero-order chi connectivity index (χ0) is 10.4. The second-order valence-corrected chi connectivity index (χ2v) is 2.75. The summed E-state index contributed by atoms with van der Waals surface area (Å²) in [5.74, 6) is 2.44. The van der Waals surface area contributed by atoms with E-state index in [-0.39, 0.29) is 6.04 Å². The maximum absolute atomic E-state index is 8.92. The van der Waals surface area contributed by atoms with Gasteiger partial charge in [0.15, 0.2) is 0 Å². The van der Waals surface area contributed by atoms with Crippen LogP contribution in [0.3, 0.4) is 0 Å². The largest absolute Gasteiger partial charge is 0.333 e. The van der Waals surface area contributed by atoms with Gasteiger partial charge >= 0.3 is 0 Å². The smallest absolute Gasteiger partial charge is 0.138 e. The molecule has 4 heteroatoms. The fourth-order valence-electron chi connectivity index (χ4n) is 1.21. The first-order chi connectivity index (χ1) is 6.83. The van der Waals surface area contributed by atoms with Crippen molar-refractivity contribution in [2.45, 2.75) is 19.5 Å². The molecule has 0 amide bonds. The van der Waals surface area contributed by atoms with E-state index in [9.17, 15) is 0 Å². The Morgan fingerprint density at radius 2 is 2.57 bits per heavy atom. The molecule has 72 valence electrons. The Labute approximate surface area is 83.6 Å². The molecule has 1 atom stereocenters. The first-order valence-corrected chi connectivity index (χ1v) is 4.40. The van der Waals surface area contributed by atoms with Crippen molar-refractivity contribution in [1.29, 1.82) is 5.26 Å². The van der Waals surface area contributed by atoms with Gasteiger partial charge in [0, 0.05) is 6.54 Å². The van der Waals surface area contributed by atoms with Crippen molar-refractivity contribution in [2.24, 2.45) is 0 Å². The molecule has 1 unspecified atom stereocenters. The summed E-state index contributed by atoms with van der Waals surface area (Å²) in [6.07, 6.45) is 8.50. The van der Waals surface area contributed by atoms with Crippen molar-refractivity contribution in [2.75, 3.05) is 6.54 Å². The average Bonchev–Trinajstić information content (AvgIpc) is 2.67. The number of terminal acetylenes is 1. The molecule has 1 aromatic rings. The first kappa shape index (κ1) is 10.3. The van der Waals surface area contributed by atoms with Crippen molar-refractivity contribution in [3.8, 4) is 18.4 Å². The SMILES string of the molecule is C#CCNC(C#N)c1cncn1CC. The molecule has 0 aliphatic rings. The van der Waals surface area contributed by atoms with Crippen molar-refractivity contribution in [3.63, 3.8) is 0 Å². The predicted octanol–water partition coefficient (Wildman–Crippen LogP) is 0.690. The molecule has 0 saturated heterocycles. The lowest BCUT2D eigenvalue weighted by molar-refractivity contribution is 0.613. The van der Waals surface area contributed by atoms with E-state index in [0.717, 1.165) is 12.2 Å². The number of hydrogen-bond acceptors (Lipinski definition) is 3. The van der Waals surface area contributed by atoms with E-state index >= 15 is 0 Å². The van der Waals surface area contributed by atoms with Crippen LogP contribution in [-0.2, 0) is 6.54 Å². The standard InChI is InChI=1S/C10H12N4/c1-3-5-13-9(6-11)10-7-12-8-14(10)4-2/h1,7-9,13H,4-5H2,2H3. The van der Waals surface area contributed by atoms with Crippen LogP contribution < -0.4 is 5.32 Å². The Kier molecular flexibility index (Phi) is 3.72. The number of imidazole rings is 1. The number of nitrogens with one attached hydrogen (secondary N) is 1. The number of rotatable bonds is 4. The molecule has 1 rings (SSSR count). The molecule has 0 radical (unpaired) electrons. The lowest BCUT2D eigenvalue weighted by Crippen LogP contribution is -2.22. The van der Waals surface area contributed by atoms with Crippen LogP contribution in [-0.4, -0.2) is 16.1 Å². The molecule has 1 heterocycles. The first-order valence-electron chi connectivity index (χ1n) is 4.40. The van der Waals surface area contributed by atoms with Gasteiger partial charge in [0.25, 0.3) is 0 Å². The van der Waals surface area contributed by atoms with Crippen LogP contribution in [0.2, 0.25) is 0 Å². The Balaban J connectivity index is 2.80. The van der Waals surface area contributed by atoms with Crippen LogP contribution in [0.15, 0.2) is 12.5 Å². The van der Waals surface area contributed by atoms with E-state index in [1.54, 1.807) is 12.5 Å². The van der Waals surface area contributed by atoms with Crippen LogP contribution >= 0.6 is 0 Å². The third-order valence-electron chi connectivity index (χ3n) is 1.92. The number of nitrogens with zero attached hydrogens (tertiary/aromatic N) is 3. The predicted molar refractivity (Wildman–Crippen MR) is 53.1 cm³/mol. The number of aromatic nitrogens is 2. The van der Waals surface area contributed by atoms with E-state index in [1.165, 1.54) is 0 Å². The lowest BCUT2D eigenvalue weighted by atomic mass is 10.2. The van der Waals surface area contributed by atoms with Crippen LogP contribution in [0, 0.1) is 23.7 Å². The van der Waals surface area contributed by atoms with Gasteiger partial charge in [-0.15, -0.1) is 6.42 Å². The van der Waals surface area contributed by atoms with Gasteiger partial charge in [0.1, 0.15) is 6.04 Å². The lowest BCUT2D eigenvalue weighted by Gasteiger charge is -2.10. The summed E-state index contributed by atoms with van der Waals surface area (Å²) in [6.45, 7) is 3.18. The maximum atomic E-state index is 8.92. The maximum Gasteiger partial charge on any atom is 0.138 e. The minimum atomic E-state index is -0.381. The minimum absolute atomic E-state index is 0.381. The molecule has 0 bridgehead atoms. The molecule has 0 aromatic carbocycles. The van der Waals surface area contributed by atoms with Gasteiger partial charge in [-0.3, -0.25) is 5.32 Å². The van der Waals surface area contributed by atoms with Crippen LogP contribution in [0.1, 0.15) is 18.7 Å². The average molecular weight is 188 g/mol. The van der Waals surface area contributed by atoms with Crippen molar-refractivity contribution in [3.05, 3.63) is 18.2 Å². The highest BCUT2D eigenvalue weighted by molar-refractivity contribution is 5.14. The van der Waals surface area contributed by atoms with E-state index in [2.05, 4.69) is 22.3 Å². The van der Waals surface area contributed by atoms with E-state index < -0.39 is 0 Å². The number of hydrogen-bond donors (Lipinski definition) is 1. The zero-order valence-electron chi connectivity index (χ0n) is 8.07. The third-order valence-corrected chi connectivity index (χ3v) is 1.92. The molecular formula is C10H12N4. The van der Waals surface area contributed by atoms with Gasteiger partial charge in [-0.2, -0.15) is 5.26 Å². The van der Waals surface area contributed by atoms with Gasteiger partial charge < -0.3 is 4.57 Å². The summed E-state index contributed by atoms with van der Waals surface area (Å²) in [5, 5.41) is 11.9. The fraction of sp³-hybridized carbons (Fsp3) is 0.400.